The van der Waals surface area contributed by atoms with Gasteiger partial charge in [0.05, 0.1) is 39.9 Å². The van der Waals surface area contributed by atoms with Crippen LogP contribution in [0.1, 0.15) is 206 Å². The van der Waals surface area contributed by atoms with Crippen molar-refractivity contribution in [1.82, 2.24) is 5.32 Å². The summed E-state index contributed by atoms with van der Waals surface area (Å²) in [6.45, 7) is 4.81. The SMILES string of the molecule is CCCCCCCC/C=C/CCCCCCCCCC(=O)N[C@@H](COP(=O)(O)OCC[N+](C)(C)C)[C@H](O)/C=C/CCCCCCCCCCCCCCC. The summed E-state index contributed by atoms with van der Waals surface area (Å²) < 4.78 is 23.6. The summed E-state index contributed by atoms with van der Waals surface area (Å²) in [6.07, 6.45) is 43.8. The van der Waals surface area contributed by atoms with Gasteiger partial charge in [0.2, 0.25) is 5.91 Å². The Morgan fingerprint density at radius 1 is 0.611 bits per heavy atom. The molecule has 3 atom stereocenters. The van der Waals surface area contributed by atoms with Crippen LogP contribution in [0.15, 0.2) is 24.3 Å². The van der Waals surface area contributed by atoms with Crippen molar-refractivity contribution in [1.29, 1.82) is 0 Å². The molecule has 0 aliphatic heterocycles. The number of hydrogen-bond donors (Lipinski definition) is 3. The molecule has 9 heteroatoms. The lowest BCUT2D eigenvalue weighted by Crippen LogP contribution is -2.45. The summed E-state index contributed by atoms with van der Waals surface area (Å²) >= 11 is 0. The van der Waals surface area contributed by atoms with E-state index >= 15 is 0 Å². The smallest absolute Gasteiger partial charge is 0.387 e. The Morgan fingerprint density at radius 2 is 1.00 bits per heavy atom. The first-order valence-corrected chi connectivity index (χ1v) is 24.2. The molecule has 0 saturated carbocycles. The first-order valence-electron chi connectivity index (χ1n) is 22.7. The highest BCUT2D eigenvalue weighted by Crippen LogP contribution is 2.43. The van der Waals surface area contributed by atoms with Crippen LogP contribution >= 0.6 is 7.82 Å². The molecule has 1 unspecified atom stereocenters. The van der Waals surface area contributed by atoms with E-state index in [1.807, 2.05) is 27.2 Å². The van der Waals surface area contributed by atoms with Crippen LogP contribution in [-0.4, -0.2) is 73.4 Å². The lowest BCUT2D eigenvalue weighted by atomic mass is 10.0. The summed E-state index contributed by atoms with van der Waals surface area (Å²) in [5, 5.41) is 13.8. The van der Waals surface area contributed by atoms with Gasteiger partial charge in [-0.25, -0.2) is 4.57 Å². The molecule has 320 valence electrons. The van der Waals surface area contributed by atoms with Crippen molar-refractivity contribution < 1.29 is 32.9 Å². The predicted octanol–water partition coefficient (Wildman–Crippen LogP) is 12.5. The fourth-order valence-electron chi connectivity index (χ4n) is 6.51. The van der Waals surface area contributed by atoms with Gasteiger partial charge in [0.25, 0.3) is 0 Å². The molecule has 0 radical (unpaired) electrons. The third-order valence-electron chi connectivity index (χ3n) is 10.2. The largest absolute Gasteiger partial charge is 0.472 e. The van der Waals surface area contributed by atoms with Crippen LogP contribution in [0.3, 0.4) is 0 Å². The summed E-state index contributed by atoms with van der Waals surface area (Å²) in [6, 6.07) is -0.845. The number of carbonyl (C=O) groups excluding carboxylic acids is 1. The Bertz CT molecular complexity index is 938. The van der Waals surface area contributed by atoms with Gasteiger partial charge in [-0.15, -0.1) is 0 Å². The number of nitrogens with zero attached hydrogens (tertiary/aromatic N) is 1. The van der Waals surface area contributed by atoms with Crippen molar-refractivity contribution in [3.05, 3.63) is 24.3 Å². The Labute approximate surface area is 334 Å². The van der Waals surface area contributed by atoms with Gasteiger partial charge in [-0.3, -0.25) is 13.8 Å². The lowest BCUT2D eigenvalue weighted by molar-refractivity contribution is -0.870. The number of aliphatic hydroxyl groups excluding tert-OH is 1. The van der Waals surface area contributed by atoms with Gasteiger partial charge in [0.1, 0.15) is 13.2 Å². The minimum atomic E-state index is -4.33. The third-order valence-corrected chi connectivity index (χ3v) is 11.1. The van der Waals surface area contributed by atoms with E-state index in [1.165, 1.54) is 148 Å². The van der Waals surface area contributed by atoms with E-state index in [-0.39, 0.29) is 19.1 Å². The number of phosphoric ester groups is 1. The maximum Gasteiger partial charge on any atom is 0.472 e. The summed E-state index contributed by atoms with van der Waals surface area (Å²) in [7, 11) is 1.57. The van der Waals surface area contributed by atoms with Crippen LogP contribution in [0.25, 0.3) is 0 Å². The molecular formula is C45H90N2O6P+. The molecule has 0 fully saturated rings. The quantitative estimate of drug-likeness (QED) is 0.0247. The monoisotopic (exact) mass is 786 g/mol. The minimum absolute atomic E-state index is 0.0617. The molecule has 0 aliphatic carbocycles. The Hall–Kier alpha value is -1.02. The normalized spacial score (nSPS) is 14.6. The average molecular weight is 786 g/mol. The van der Waals surface area contributed by atoms with E-state index < -0.39 is 20.0 Å². The second kappa shape index (κ2) is 37.6. The number of likely N-dealkylation sites (N-methyl/N-ethyl adjacent to an activating group) is 1. The van der Waals surface area contributed by atoms with Gasteiger partial charge < -0.3 is 19.8 Å². The Balaban J connectivity index is 4.41. The molecule has 0 saturated heterocycles. The number of nitrogens with one attached hydrogen (secondary N) is 1. The van der Waals surface area contributed by atoms with E-state index in [2.05, 4.69) is 31.3 Å². The van der Waals surface area contributed by atoms with Crippen LogP contribution in [0.2, 0.25) is 0 Å². The van der Waals surface area contributed by atoms with Crippen molar-refractivity contribution >= 4 is 13.7 Å². The highest BCUT2D eigenvalue weighted by molar-refractivity contribution is 7.47. The van der Waals surface area contributed by atoms with Crippen LogP contribution in [0.4, 0.5) is 0 Å². The number of phosphoric acid groups is 1. The van der Waals surface area contributed by atoms with Crippen molar-refractivity contribution in [2.24, 2.45) is 0 Å². The van der Waals surface area contributed by atoms with Crippen molar-refractivity contribution in [3.8, 4) is 0 Å². The Kier molecular flexibility index (Phi) is 36.8. The van der Waals surface area contributed by atoms with Crippen molar-refractivity contribution in [2.45, 2.75) is 219 Å². The van der Waals surface area contributed by atoms with Crippen molar-refractivity contribution in [3.63, 3.8) is 0 Å². The minimum Gasteiger partial charge on any atom is -0.387 e. The van der Waals surface area contributed by atoms with Crippen molar-refractivity contribution in [2.75, 3.05) is 40.9 Å². The van der Waals surface area contributed by atoms with Crippen LogP contribution in [-0.2, 0) is 18.4 Å². The molecule has 0 spiro atoms. The molecule has 0 bridgehead atoms. The second-order valence-corrected chi connectivity index (χ2v) is 18.2. The number of amides is 1. The van der Waals surface area contributed by atoms with Gasteiger partial charge in [0.15, 0.2) is 0 Å². The number of quaternary nitrogens is 1. The number of rotatable bonds is 41. The molecule has 3 N–H and O–H groups in total. The number of aliphatic hydroxyl groups is 1. The van der Waals surface area contributed by atoms with Crippen LogP contribution < -0.4 is 5.32 Å². The highest BCUT2D eigenvalue weighted by Gasteiger charge is 2.27. The molecule has 0 aliphatic rings. The number of carbonyl (C=O) groups is 1. The maximum atomic E-state index is 12.9. The number of allylic oxidation sites excluding steroid dienone is 3. The van der Waals surface area contributed by atoms with E-state index in [4.69, 9.17) is 9.05 Å². The van der Waals surface area contributed by atoms with E-state index in [0.717, 1.165) is 38.5 Å². The maximum absolute atomic E-state index is 12.9. The summed E-state index contributed by atoms with van der Waals surface area (Å²) in [5.41, 5.74) is 0. The number of unbranched alkanes of at least 4 members (excludes halogenated alkanes) is 26. The number of hydrogen-bond acceptors (Lipinski definition) is 5. The lowest BCUT2D eigenvalue weighted by Gasteiger charge is -2.25. The fourth-order valence-corrected chi connectivity index (χ4v) is 7.24. The molecule has 0 heterocycles. The molecule has 0 rings (SSSR count). The fraction of sp³-hybridized carbons (Fsp3) is 0.889. The first-order chi connectivity index (χ1) is 26.0. The molecule has 1 amide bonds. The third kappa shape index (κ3) is 39.2. The van der Waals surface area contributed by atoms with Crippen LogP contribution in [0.5, 0.6) is 0 Å². The standard InChI is InChI=1S/C45H89N2O6P/c1-6-8-10-12-14-16-18-20-22-23-25-27-29-31-33-35-37-39-45(49)46-43(42-53-54(50,51)52-41-40-47(3,4)5)44(48)38-36-34-32-30-28-26-24-21-19-17-15-13-11-9-7-2/h20,22,36,38,43-44,48H,6-19,21,23-35,37,39-42H2,1-5H3,(H-,46,49,50,51)/p+1/b22-20+,38-36+/t43-,44+/m0/s1. The predicted molar refractivity (Wildman–Crippen MR) is 231 cm³/mol. The van der Waals surface area contributed by atoms with E-state index in [9.17, 15) is 19.4 Å². The summed E-state index contributed by atoms with van der Waals surface area (Å²) in [5.74, 6) is -0.181. The zero-order chi connectivity index (χ0) is 40.0. The Morgan fingerprint density at radius 3 is 1.43 bits per heavy atom. The molecule has 0 aromatic rings. The average Bonchev–Trinajstić information content (AvgIpc) is 3.12. The molecule has 8 nitrogen and oxygen atoms in total. The zero-order valence-corrected chi connectivity index (χ0v) is 37.1. The molecule has 54 heavy (non-hydrogen) atoms. The second-order valence-electron chi connectivity index (χ2n) is 16.8. The van der Waals surface area contributed by atoms with Gasteiger partial charge in [-0.1, -0.05) is 179 Å². The van der Waals surface area contributed by atoms with Crippen LogP contribution in [0, 0.1) is 0 Å². The first kappa shape index (κ1) is 53.0. The zero-order valence-electron chi connectivity index (χ0n) is 36.2. The highest BCUT2D eigenvalue weighted by atomic mass is 31.2. The van der Waals surface area contributed by atoms with Gasteiger partial charge in [0, 0.05) is 6.42 Å². The molecule has 0 aromatic heterocycles. The van der Waals surface area contributed by atoms with Gasteiger partial charge >= 0.3 is 7.82 Å². The van der Waals surface area contributed by atoms with Gasteiger partial charge in [-0.2, -0.15) is 0 Å². The topological polar surface area (TPSA) is 105 Å². The van der Waals surface area contributed by atoms with E-state index in [0.29, 0.717) is 17.4 Å². The molecular weight excluding hydrogens is 695 g/mol. The van der Waals surface area contributed by atoms with E-state index in [1.54, 1.807) is 6.08 Å². The molecule has 0 aromatic carbocycles. The van der Waals surface area contributed by atoms with Gasteiger partial charge in [-0.05, 0) is 44.9 Å². The summed E-state index contributed by atoms with van der Waals surface area (Å²) in [4.78, 5) is 23.1.